The summed E-state index contributed by atoms with van der Waals surface area (Å²) in [7, 11) is -2.39. The van der Waals surface area contributed by atoms with Crippen LogP contribution in [0.5, 0.6) is 0 Å². The van der Waals surface area contributed by atoms with Gasteiger partial charge in [0.25, 0.3) is 0 Å². The van der Waals surface area contributed by atoms with Crippen LogP contribution in [0, 0.1) is 0 Å². The maximum atomic E-state index is 13.0. The number of aryl methyl sites for hydroxylation is 1. The van der Waals surface area contributed by atoms with Crippen LogP contribution in [-0.4, -0.2) is 46.8 Å². The zero-order valence-corrected chi connectivity index (χ0v) is 17.0. The van der Waals surface area contributed by atoms with Crippen LogP contribution in [0.25, 0.3) is 22.7 Å². The molecule has 0 amide bonds. The topological polar surface area (TPSA) is 104 Å². The quantitative estimate of drug-likeness (QED) is 0.560. The number of sulfone groups is 1. The van der Waals surface area contributed by atoms with Crippen molar-refractivity contribution < 1.29 is 31.1 Å². The van der Waals surface area contributed by atoms with E-state index in [1.165, 1.54) is 11.6 Å². The van der Waals surface area contributed by atoms with E-state index in [1.54, 1.807) is 6.92 Å². The molecule has 3 rings (SSSR count). The van der Waals surface area contributed by atoms with Crippen molar-refractivity contribution in [3.05, 3.63) is 35.7 Å². The van der Waals surface area contributed by atoms with E-state index in [9.17, 15) is 26.4 Å². The van der Waals surface area contributed by atoms with Gasteiger partial charge in [-0.05, 0) is 18.6 Å². The van der Waals surface area contributed by atoms with Crippen LogP contribution in [0.3, 0.4) is 0 Å². The summed E-state index contributed by atoms with van der Waals surface area (Å²) in [4.78, 5) is 23.7. The van der Waals surface area contributed by atoms with E-state index in [0.29, 0.717) is 12.6 Å². The highest BCUT2D eigenvalue weighted by atomic mass is 32.2. The molecule has 0 bridgehead atoms. The molecule has 0 aliphatic heterocycles. The summed E-state index contributed by atoms with van der Waals surface area (Å²) in [5.74, 6) is -0.743. The van der Waals surface area contributed by atoms with Gasteiger partial charge in [0.15, 0.2) is 21.3 Å². The first-order valence-electron chi connectivity index (χ1n) is 8.70. The highest BCUT2D eigenvalue weighted by Crippen LogP contribution is 2.32. The lowest BCUT2D eigenvalue weighted by atomic mass is 10.2. The van der Waals surface area contributed by atoms with E-state index in [4.69, 9.17) is 4.74 Å². The fraction of sp³-hybridized carbons (Fsp3) is 0.333. The number of aromatic nitrogens is 4. The normalized spacial score (nSPS) is 12.3. The number of nitrogens with zero attached hydrogens (tertiary/aromatic N) is 4. The molecule has 0 atom stereocenters. The van der Waals surface area contributed by atoms with Crippen molar-refractivity contribution in [1.82, 2.24) is 19.5 Å². The number of halogens is 3. The number of pyridine rings is 2. The number of carbonyl (C=O) groups is 1. The molecule has 3 aromatic heterocycles. The number of ether oxygens (including phenoxy) is 1. The van der Waals surface area contributed by atoms with Gasteiger partial charge in [0.2, 0.25) is 0 Å². The standard InChI is InChI=1S/C18H17F3N4O4S/c1-4-5-29-17(26)10-6-13(30(3,27)28)14(22-8-10)16-24-12-7-11(18(19,20)21)9-23-15(12)25(16)2/h6-9H,4-5H2,1-3H3. The highest BCUT2D eigenvalue weighted by Gasteiger charge is 2.32. The minimum Gasteiger partial charge on any atom is -0.462 e. The Bertz CT molecular complexity index is 1240. The molecule has 0 N–H and O–H groups in total. The summed E-state index contributed by atoms with van der Waals surface area (Å²) in [5, 5.41) is 0. The summed E-state index contributed by atoms with van der Waals surface area (Å²) in [6.45, 7) is 1.97. The number of carbonyl (C=O) groups excluding carboxylic acids is 1. The number of esters is 1. The molecule has 0 saturated heterocycles. The van der Waals surface area contributed by atoms with Crippen LogP contribution in [0.2, 0.25) is 0 Å². The fourth-order valence-electron chi connectivity index (χ4n) is 2.73. The summed E-state index contributed by atoms with van der Waals surface area (Å²) in [6.07, 6.45) is -1.28. The molecule has 0 spiro atoms. The molecule has 0 unspecified atom stereocenters. The van der Waals surface area contributed by atoms with Crippen LogP contribution < -0.4 is 0 Å². The SMILES string of the molecule is CCCOC(=O)c1cnc(-c2nc3cc(C(F)(F)F)cnc3n2C)c(S(C)(=O)=O)c1. The van der Waals surface area contributed by atoms with E-state index in [0.717, 1.165) is 24.6 Å². The molecule has 160 valence electrons. The first-order chi connectivity index (χ1) is 13.9. The monoisotopic (exact) mass is 442 g/mol. The number of hydrogen-bond acceptors (Lipinski definition) is 7. The van der Waals surface area contributed by atoms with Crippen molar-refractivity contribution in [2.45, 2.75) is 24.4 Å². The Morgan fingerprint density at radius 2 is 1.90 bits per heavy atom. The van der Waals surface area contributed by atoms with Gasteiger partial charge in [-0.25, -0.2) is 23.2 Å². The molecule has 3 aromatic rings. The third-order valence-electron chi connectivity index (χ3n) is 4.17. The van der Waals surface area contributed by atoms with E-state index in [1.807, 2.05) is 0 Å². The molecule has 0 saturated carbocycles. The minimum atomic E-state index is -4.60. The predicted molar refractivity (Wildman–Crippen MR) is 100 cm³/mol. The summed E-state index contributed by atoms with van der Waals surface area (Å²) in [6, 6.07) is 1.94. The van der Waals surface area contributed by atoms with Crippen molar-refractivity contribution >= 4 is 27.0 Å². The largest absolute Gasteiger partial charge is 0.462 e. The molecule has 0 aliphatic carbocycles. The second kappa shape index (κ2) is 7.67. The number of hydrogen-bond donors (Lipinski definition) is 0. The lowest BCUT2D eigenvalue weighted by molar-refractivity contribution is -0.137. The molecule has 0 aliphatic rings. The zero-order chi connectivity index (χ0) is 22.3. The van der Waals surface area contributed by atoms with E-state index < -0.39 is 27.5 Å². The van der Waals surface area contributed by atoms with Crippen LogP contribution in [0.4, 0.5) is 13.2 Å². The van der Waals surface area contributed by atoms with E-state index >= 15 is 0 Å². The third-order valence-corrected chi connectivity index (χ3v) is 5.28. The lowest BCUT2D eigenvalue weighted by Gasteiger charge is -2.09. The van der Waals surface area contributed by atoms with Gasteiger partial charge < -0.3 is 9.30 Å². The summed E-state index contributed by atoms with van der Waals surface area (Å²) in [5.41, 5.74) is -1.12. The number of fused-ring (bicyclic) bond motifs is 1. The molecule has 8 nitrogen and oxygen atoms in total. The molecule has 30 heavy (non-hydrogen) atoms. The molecule has 0 fully saturated rings. The van der Waals surface area contributed by atoms with Gasteiger partial charge in [0, 0.05) is 25.7 Å². The minimum absolute atomic E-state index is 0.00859. The summed E-state index contributed by atoms with van der Waals surface area (Å²) < 4.78 is 69.9. The van der Waals surface area contributed by atoms with Crippen LogP contribution in [0.15, 0.2) is 29.4 Å². The van der Waals surface area contributed by atoms with Crippen molar-refractivity contribution in [3.63, 3.8) is 0 Å². The Balaban J connectivity index is 2.18. The van der Waals surface area contributed by atoms with Crippen LogP contribution >= 0.6 is 0 Å². The van der Waals surface area contributed by atoms with Crippen molar-refractivity contribution in [1.29, 1.82) is 0 Å². The Morgan fingerprint density at radius 1 is 1.20 bits per heavy atom. The smallest absolute Gasteiger partial charge is 0.417 e. The van der Waals surface area contributed by atoms with Crippen LogP contribution in [-0.2, 0) is 27.8 Å². The third kappa shape index (κ3) is 4.13. The van der Waals surface area contributed by atoms with Gasteiger partial charge in [-0.15, -0.1) is 0 Å². The van der Waals surface area contributed by atoms with E-state index in [-0.39, 0.29) is 39.7 Å². The first-order valence-corrected chi connectivity index (χ1v) is 10.6. The Morgan fingerprint density at radius 3 is 2.50 bits per heavy atom. The van der Waals surface area contributed by atoms with Gasteiger partial charge in [-0.3, -0.25) is 4.98 Å². The Kier molecular flexibility index (Phi) is 5.54. The maximum Gasteiger partial charge on any atom is 0.417 e. The predicted octanol–water partition coefficient (Wildman–Crippen LogP) is 3.02. The highest BCUT2D eigenvalue weighted by molar-refractivity contribution is 7.90. The molecular weight excluding hydrogens is 425 g/mol. The summed E-state index contributed by atoms with van der Waals surface area (Å²) >= 11 is 0. The molecule has 0 aromatic carbocycles. The van der Waals surface area contributed by atoms with Gasteiger partial charge >= 0.3 is 12.1 Å². The molecule has 3 heterocycles. The molecular formula is C18H17F3N4O4S. The van der Waals surface area contributed by atoms with Gasteiger partial charge in [-0.2, -0.15) is 13.2 Å². The zero-order valence-electron chi connectivity index (χ0n) is 16.2. The van der Waals surface area contributed by atoms with Crippen LogP contribution in [0.1, 0.15) is 29.3 Å². The average Bonchev–Trinajstić information content (AvgIpc) is 3.00. The second-order valence-corrected chi connectivity index (χ2v) is 8.52. The fourth-order valence-corrected chi connectivity index (χ4v) is 3.56. The molecule has 0 radical (unpaired) electrons. The van der Waals surface area contributed by atoms with E-state index in [2.05, 4.69) is 15.0 Å². The lowest BCUT2D eigenvalue weighted by Crippen LogP contribution is -2.11. The first kappa shape index (κ1) is 21.7. The van der Waals surface area contributed by atoms with Crippen molar-refractivity contribution in [2.75, 3.05) is 12.9 Å². The van der Waals surface area contributed by atoms with Crippen molar-refractivity contribution in [3.8, 4) is 11.5 Å². The Labute approximate surface area is 169 Å². The van der Waals surface area contributed by atoms with Gasteiger partial charge in [0.05, 0.1) is 22.6 Å². The second-order valence-electron chi connectivity index (χ2n) is 6.54. The van der Waals surface area contributed by atoms with Gasteiger partial charge in [0.1, 0.15) is 11.2 Å². The number of imidazole rings is 1. The van der Waals surface area contributed by atoms with Crippen molar-refractivity contribution in [2.24, 2.45) is 7.05 Å². The maximum absolute atomic E-state index is 13.0. The Hall–Kier alpha value is -3.02. The number of alkyl halides is 3. The average molecular weight is 442 g/mol. The number of rotatable bonds is 5. The molecule has 12 heteroatoms. The van der Waals surface area contributed by atoms with Gasteiger partial charge in [-0.1, -0.05) is 6.92 Å².